The third kappa shape index (κ3) is 4.19. The van der Waals surface area contributed by atoms with Crippen molar-refractivity contribution in [2.24, 2.45) is 5.92 Å². The number of hydrogen-bond donors (Lipinski definition) is 1. The fourth-order valence-electron chi connectivity index (χ4n) is 1.53. The monoisotopic (exact) mass is 221 g/mol. The molecule has 0 radical (unpaired) electrons. The van der Waals surface area contributed by atoms with E-state index in [1.54, 1.807) is 0 Å². The van der Waals surface area contributed by atoms with E-state index in [0.717, 1.165) is 30.5 Å². The Morgan fingerprint density at radius 3 is 2.75 bits per heavy atom. The number of rotatable bonds is 6. The van der Waals surface area contributed by atoms with Gasteiger partial charge in [0.15, 0.2) is 0 Å². The Balaban J connectivity index is 2.60. The second-order valence-corrected chi connectivity index (χ2v) is 4.62. The Hall–Kier alpha value is -1.09. The van der Waals surface area contributed by atoms with Gasteiger partial charge in [-0.05, 0) is 31.5 Å². The number of hydrogen-bond acceptors (Lipinski definition) is 3. The summed E-state index contributed by atoms with van der Waals surface area (Å²) in [5.74, 6) is 1.80. The molecule has 90 valence electrons. The van der Waals surface area contributed by atoms with E-state index in [9.17, 15) is 0 Å². The van der Waals surface area contributed by atoms with Crippen LogP contribution in [-0.2, 0) is 6.54 Å². The first kappa shape index (κ1) is 13.0. The van der Waals surface area contributed by atoms with Gasteiger partial charge in [-0.15, -0.1) is 0 Å². The maximum atomic E-state index is 4.60. The molecule has 3 nitrogen and oxygen atoms in total. The van der Waals surface area contributed by atoms with Crippen LogP contribution in [0.4, 0.5) is 5.82 Å². The quantitative estimate of drug-likeness (QED) is 0.799. The van der Waals surface area contributed by atoms with Crippen LogP contribution < -0.4 is 10.2 Å². The van der Waals surface area contributed by atoms with Crippen LogP contribution in [-0.4, -0.2) is 25.6 Å². The molecule has 3 heteroatoms. The van der Waals surface area contributed by atoms with Gasteiger partial charge in [0.1, 0.15) is 5.82 Å². The van der Waals surface area contributed by atoms with E-state index in [-0.39, 0.29) is 0 Å². The highest BCUT2D eigenvalue weighted by Crippen LogP contribution is 2.11. The molecule has 1 heterocycles. The summed E-state index contributed by atoms with van der Waals surface area (Å²) in [4.78, 5) is 6.83. The van der Waals surface area contributed by atoms with Crippen LogP contribution in [0.15, 0.2) is 18.2 Å². The molecule has 0 aromatic carbocycles. The van der Waals surface area contributed by atoms with Crippen molar-refractivity contribution >= 4 is 5.82 Å². The predicted molar refractivity (Wildman–Crippen MR) is 69.7 cm³/mol. The van der Waals surface area contributed by atoms with Crippen LogP contribution in [0.3, 0.4) is 0 Å². The van der Waals surface area contributed by atoms with Crippen molar-refractivity contribution in [3.05, 3.63) is 23.9 Å². The first-order valence-electron chi connectivity index (χ1n) is 5.95. The Morgan fingerprint density at radius 1 is 1.38 bits per heavy atom. The van der Waals surface area contributed by atoms with Crippen molar-refractivity contribution in [1.82, 2.24) is 10.3 Å². The molecule has 0 unspecified atom stereocenters. The fraction of sp³-hybridized carbons (Fsp3) is 0.615. The Morgan fingerprint density at radius 2 is 2.12 bits per heavy atom. The summed E-state index contributed by atoms with van der Waals surface area (Å²) in [6.45, 7) is 6.39. The minimum atomic E-state index is 0.739. The summed E-state index contributed by atoms with van der Waals surface area (Å²) < 4.78 is 0. The molecule has 1 rings (SSSR count). The summed E-state index contributed by atoms with van der Waals surface area (Å²) in [6.07, 6.45) is 1.20. The average Bonchev–Trinajstić information content (AvgIpc) is 2.26. The van der Waals surface area contributed by atoms with Crippen molar-refractivity contribution in [3.63, 3.8) is 0 Å². The summed E-state index contributed by atoms with van der Waals surface area (Å²) in [5, 5.41) is 3.12. The lowest BCUT2D eigenvalue weighted by Gasteiger charge is -2.19. The molecule has 0 aliphatic heterocycles. The Labute approximate surface area is 98.9 Å². The molecule has 1 N–H and O–H groups in total. The van der Waals surface area contributed by atoms with E-state index < -0.39 is 0 Å². The van der Waals surface area contributed by atoms with E-state index in [1.165, 1.54) is 6.42 Å². The molecule has 0 saturated heterocycles. The van der Waals surface area contributed by atoms with Gasteiger partial charge in [0.2, 0.25) is 0 Å². The highest BCUT2D eigenvalue weighted by molar-refractivity contribution is 5.38. The molecule has 16 heavy (non-hydrogen) atoms. The zero-order valence-electron chi connectivity index (χ0n) is 10.8. The highest BCUT2D eigenvalue weighted by atomic mass is 15.2. The number of anilines is 1. The third-order valence-electron chi connectivity index (χ3n) is 2.58. The number of pyridine rings is 1. The van der Waals surface area contributed by atoms with Crippen molar-refractivity contribution in [2.45, 2.75) is 26.8 Å². The molecule has 1 aromatic rings. The predicted octanol–water partition coefficient (Wildman–Crippen LogP) is 2.28. The first-order valence-corrected chi connectivity index (χ1v) is 5.95. The lowest BCUT2D eigenvalue weighted by molar-refractivity contribution is 0.583. The van der Waals surface area contributed by atoms with Crippen molar-refractivity contribution in [1.29, 1.82) is 0 Å². The van der Waals surface area contributed by atoms with Gasteiger partial charge in [-0.3, -0.25) is 0 Å². The highest BCUT2D eigenvalue weighted by Gasteiger charge is 2.04. The zero-order chi connectivity index (χ0) is 12.0. The molecule has 0 atom stereocenters. The minimum absolute atomic E-state index is 0.739. The molecular formula is C13H23N3. The molecule has 0 amide bonds. The van der Waals surface area contributed by atoms with Crippen molar-refractivity contribution in [3.8, 4) is 0 Å². The van der Waals surface area contributed by atoms with Gasteiger partial charge in [-0.2, -0.15) is 0 Å². The smallest absolute Gasteiger partial charge is 0.128 e. The fourth-order valence-corrected chi connectivity index (χ4v) is 1.53. The summed E-state index contributed by atoms with van der Waals surface area (Å²) in [5.41, 5.74) is 1.09. The molecular weight excluding hydrogens is 198 g/mol. The van der Waals surface area contributed by atoms with Gasteiger partial charge < -0.3 is 10.2 Å². The number of nitrogens with zero attached hydrogens (tertiary/aromatic N) is 2. The van der Waals surface area contributed by atoms with Crippen LogP contribution in [0.25, 0.3) is 0 Å². The second-order valence-electron chi connectivity index (χ2n) is 4.62. The molecule has 0 aliphatic rings. The van der Waals surface area contributed by atoms with Gasteiger partial charge in [0.25, 0.3) is 0 Å². The van der Waals surface area contributed by atoms with E-state index in [1.807, 2.05) is 7.05 Å². The van der Waals surface area contributed by atoms with Crippen molar-refractivity contribution in [2.75, 3.05) is 25.5 Å². The SMILES string of the molecule is CNCc1cccc(N(C)CCC(C)C)n1. The topological polar surface area (TPSA) is 28.2 Å². The van der Waals surface area contributed by atoms with E-state index in [2.05, 4.69) is 54.3 Å². The maximum Gasteiger partial charge on any atom is 0.128 e. The van der Waals surface area contributed by atoms with E-state index in [0.29, 0.717) is 0 Å². The third-order valence-corrected chi connectivity index (χ3v) is 2.58. The van der Waals surface area contributed by atoms with Crippen LogP contribution in [0.2, 0.25) is 0 Å². The summed E-state index contributed by atoms with van der Waals surface area (Å²) in [7, 11) is 4.05. The maximum absolute atomic E-state index is 4.60. The van der Waals surface area contributed by atoms with Crippen LogP contribution in [0.1, 0.15) is 26.0 Å². The molecule has 0 fully saturated rings. The van der Waals surface area contributed by atoms with Gasteiger partial charge in [0.05, 0.1) is 5.69 Å². The van der Waals surface area contributed by atoms with Gasteiger partial charge >= 0.3 is 0 Å². The van der Waals surface area contributed by atoms with Gasteiger partial charge in [-0.1, -0.05) is 19.9 Å². The van der Waals surface area contributed by atoms with E-state index >= 15 is 0 Å². The zero-order valence-corrected chi connectivity index (χ0v) is 10.8. The molecule has 0 saturated carbocycles. The van der Waals surface area contributed by atoms with Crippen LogP contribution in [0, 0.1) is 5.92 Å². The normalized spacial score (nSPS) is 10.8. The minimum Gasteiger partial charge on any atom is -0.360 e. The summed E-state index contributed by atoms with van der Waals surface area (Å²) in [6, 6.07) is 6.19. The van der Waals surface area contributed by atoms with Crippen molar-refractivity contribution < 1.29 is 0 Å². The molecule has 0 bridgehead atoms. The lowest BCUT2D eigenvalue weighted by atomic mass is 10.1. The van der Waals surface area contributed by atoms with Crippen LogP contribution >= 0.6 is 0 Å². The van der Waals surface area contributed by atoms with Gasteiger partial charge in [-0.25, -0.2) is 4.98 Å². The Bertz CT molecular complexity index is 310. The average molecular weight is 221 g/mol. The molecule has 1 aromatic heterocycles. The standard InChI is InChI=1S/C13H23N3/c1-11(2)8-9-16(4)13-7-5-6-12(15-13)10-14-3/h5-7,11,14H,8-10H2,1-4H3. The van der Waals surface area contributed by atoms with Gasteiger partial charge in [0, 0.05) is 20.1 Å². The summed E-state index contributed by atoms with van der Waals surface area (Å²) >= 11 is 0. The van der Waals surface area contributed by atoms with Crippen LogP contribution in [0.5, 0.6) is 0 Å². The Kier molecular flexibility index (Phi) is 5.26. The second kappa shape index (κ2) is 6.48. The number of aromatic nitrogens is 1. The largest absolute Gasteiger partial charge is 0.360 e. The first-order chi connectivity index (χ1) is 7.63. The number of nitrogens with one attached hydrogen (secondary N) is 1. The molecule has 0 spiro atoms. The molecule has 0 aliphatic carbocycles. The van der Waals surface area contributed by atoms with E-state index in [4.69, 9.17) is 0 Å². The lowest BCUT2D eigenvalue weighted by Crippen LogP contribution is -2.21.